The zero-order valence-electron chi connectivity index (χ0n) is 7.70. The molecule has 1 aliphatic rings. The first kappa shape index (κ1) is 8.51. The van der Waals surface area contributed by atoms with Crippen molar-refractivity contribution in [1.29, 1.82) is 0 Å². The first-order chi connectivity index (χ1) is 6.20. The Bertz CT molecular complexity index is 304. The zero-order chi connectivity index (χ0) is 9.42. The van der Waals surface area contributed by atoms with Gasteiger partial charge in [0.05, 0.1) is 6.10 Å². The van der Waals surface area contributed by atoms with Crippen molar-refractivity contribution < 1.29 is 5.11 Å². The fourth-order valence-electron chi connectivity index (χ4n) is 1.89. The number of nitrogens with zero attached hydrogens (tertiary/aromatic N) is 1. The van der Waals surface area contributed by atoms with Crippen LogP contribution >= 0.6 is 0 Å². The summed E-state index contributed by atoms with van der Waals surface area (Å²) in [6.45, 7) is 2.01. The number of aliphatic hydroxyl groups is 1. The molecule has 1 aromatic heterocycles. The van der Waals surface area contributed by atoms with Crippen LogP contribution in [0.2, 0.25) is 0 Å². The lowest BCUT2D eigenvalue weighted by atomic mass is 9.76. The third-order valence-corrected chi connectivity index (χ3v) is 2.85. The molecule has 70 valence electrons. The van der Waals surface area contributed by atoms with Crippen LogP contribution in [-0.4, -0.2) is 16.2 Å². The smallest absolute Gasteiger partial charge is 0.127 e. The van der Waals surface area contributed by atoms with Gasteiger partial charge in [0.25, 0.3) is 0 Å². The third kappa shape index (κ3) is 1.29. The van der Waals surface area contributed by atoms with E-state index in [9.17, 15) is 5.11 Å². The van der Waals surface area contributed by atoms with Crippen molar-refractivity contribution >= 4 is 5.82 Å². The van der Waals surface area contributed by atoms with E-state index < -0.39 is 0 Å². The third-order valence-electron chi connectivity index (χ3n) is 2.85. The van der Waals surface area contributed by atoms with Crippen molar-refractivity contribution in [3.8, 4) is 0 Å². The van der Waals surface area contributed by atoms with Gasteiger partial charge >= 0.3 is 0 Å². The van der Waals surface area contributed by atoms with Gasteiger partial charge < -0.3 is 10.8 Å². The molecular weight excluding hydrogens is 164 g/mol. The van der Waals surface area contributed by atoms with Gasteiger partial charge in [0, 0.05) is 17.7 Å². The molecule has 3 N–H and O–H groups in total. The molecule has 1 saturated carbocycles. The highest BCUT2D eigenvalue weighted by atomic mass is 16.3. The monoisotopic (exact) mass is 178 g/mol. The summed E-state index contributed by atoms with van der Waals surface area (Å²) in [5.41, 5.74) is 7.95. The number of rotatable bonds is 1. The van der Waals surface area contributed by atoms with E-state index in [1.807, 2.05) is 13.0 Å². The van der Waals surface area contributed by atoms with Gasteiger partial charge in [0.2, 0.25) is 0 Å². The second kappa shape index (κ2) is 3.00. The van der Waals surface area contributed by atoms with Gasteiger partial charge in [-0.15, -0.1) is 0 Å². The lowest BCUT2D eigenvalue weighted by Crippen LogP contribution is -2.30. The summed E-state index contributed by atoms with van der Waals surface area (Å²) in [4.78, 5) is 4.04. The molecule has 1 aromatic rings. The Labute approximate surface area is 77.6 Å². The summed E-state index contributed by atoms with van der Waals surface area (Å²) in [6, 6.07) is 1.94. The van der Waals surface area contributed by atoms with Crippen LogP contribution in [0.5, 0.6) is 0 Å². The van der Waals surface area contributed by atoms with Crippen LogP contribution in [-0.2, 0) is 0 Å². The van der Waals surface area contributed by atoms with Crippen LogP contribution in [0.1, 0.15) is 29.9 Å². The summed E-state index contributed by atoms with van der Waals surface area (Å²) in [6.07, 6.45) is 3.40. The van der Waals surface area contributed by atoms with Gasteiger partial charge in [0.15, 0.2) is 0 Å². The maximum absolute atomic E-state index is 9.53. The van der Waals surface area contributed by atoms with Crippen LogP contribution in [0.3, 0.4) is 0 Å². The number of aliphatic hydroxyl groups excluding tert-OH is 1. The number of nitrogen functional groups attached to an aromatic ring is 1. The van der Waals surface area contributed by atoms with E-state index in [4.69, 9.17) is 5.73 Å². The van der Waals surface area contributed by atoms with Gasteiger partial charge in [-0.25, -0.2) is 4.98 Å². The first-order valence-electron chi connectivity index (χ1n) is 4.59. The van der Waals surface area contributed by atoms with E-state index in [1.165, 1.54) is 0 Å². The minimum atomic E-state index is -0.217. The number of hydrogen-bond donors (Lipinski definition) is 2. The molecule has 2 rings (SSSR count). The molecule has 0 aliphatic heterocycles. The molecule has 2 unspecified atom stereocenters. The van der Waals surface area contributed by atoms with Crippen LogP contribution in [0, 0.1) is 6.92 Å². The number of aryl methyl sites for hydroxylation is 1. The van der Waals surface area contributed by atoms with Crippen LogP contribution in [0.4, 0.5) is 5.82 Å². The van der Waals surface area contributed by atoms with E-state index in [0.29, 0.717) is 5.82 Å². The van der Waals surface area contributed by atoms with E-state index in [-0.39, 0.29) is 12.0 Å². The van der Waals surface area contributed by atoms with Gasteiger partial charge in [-0.05, 0) is 31.4 Å². The maximum atomic E-state index is 9.53. The topological polar surface area (TPSA) is 59.1 Å². The number of pyridine rings is 1. The predicted molar refractivity (Wildman–Crippen MR) is 51.4 cm³/mol. The maximum Gasteiger partial charge on any atom is 0.127 e. The molecule has 1 aliphatic carbocycles. The van der Waals surface area contributed by atoms with Crippen molar-refractivity contribution in [2.75, 3.05) is 5.73 Å². The molecule has 0 amide bonds. The summed E-state index contributed by atoms with van der Waals surface area (Å²) in [7, 11) is 0. The minimum Gasteiger partial charge on any atom is -0.392 e. The molecular formula is C10H14N2O. The summed E-state index contributed by atoms with van der Waals surface area (Å²) >= 11 is 0. The molecule has 3 heteroatoms. The van der Waals surface area contributed by atoms with E-state index >= 15 is 0 Å². The molecule has 1 heterocycles. The summed E-state index contributed by atoms with van der Waals surface area (Å²) < 4.78 is 0. The Morgan fingerprint density at radius 1 is 1.54 bits per heavy atom. The Morgan fingerprint density at radius 3 is 2.77 bits per heavy atom. The van der Waals surface area contributed by atoms with Crippen molar-refractivity contribution in [2.24, 2.45) is 0 Å². The quantitative estimate of drug-likeness (QED) is 0.679. The molecule has 1 fully saturated rings. The van der Waals surface area contributed by atoms with Crippen molar-refractivity contribution in [2.45, 2.75) is 31.8 Å². The van der Waals surface area contributed by atoms with Gasteiger partial charge in [-0.1, -0.05) is 0 Å². The standard InChI is InChI=1S/C10H14N2O/c1-6-4-5-12-10(11)9(6)7-2-3-8(7)13/h4-5,7-8,13H,2-3H2,1H3,(H2,11,12). The zero-order valence-corrected chi connectivity index (χ0v) is 7.70. The van der Waals surface area contributed by atoms with Crippen LogP contribution in [0.25, 0.3) is 0 Å². The Balaban J connectivity index is 2.38. The normalized spacial score (nSPS) is 26.9. The highest BCUT2D eigenvalue weighted by Gasteiger charge is 2.32. The average molecular weight is 178 g/mol. The number of aromatic nitrogens is 1. The average Bonchev–Trinajstić information content (AvgIpc) is 2.09. The molecule has 0 bridgehead atoms. The minimum absolute atomic E-state index is 0.216. The van der Waals surface area contributed by atoms with E-state index in [2.05, 4.69) is 4.98 Å². The van der Waals surface area contributed by atoms with Crippen molar-refractivity contribution in [3.63, 3.8) is 0 Å². The molecule has 0 saturated heterocycles. The van der Waals surface area contributed by atoms with Gasteiger partial charge in [0.1, 0.15) is 5.82 Å². The molecule has 13 heavy (non-hydrogen) atoms. The Kier molecular flexibility index (Phi) is 1.96. The number of anilines is 1. The largest absolute Gasteiger partial charge is 0.392 e. The Hall–Kier alpha value is -1.09. The van der Waals surface area contributed by atoms with Crippen LogP contribution in [0.15, 0.2) is 12.3 Å². The fraction of sp³-hybridized carbons (Fsp3) is 0.500. The molecule has 3 nitrogen and oxygen atoms in total. The van der Waals surface area contributed by atoms with Crippen LogP contribution < -0.4 is 5.73 Å². The number of hydrogen-bond acceptors (Lipinski definition) is 3. The first-order valence-corrected chi connectivity index (χ1v) is 4.59. The van der Waals surface area contributed by atoms with E-state index in [1.54, 1.807) is 6.20 Å². The molecule has 0 aromatic carbocycles. The molecule has 0 spiro atoms. The molecule has 2 atom stereocenters. The lowest BCUT2D eigenvalue weighted by molar-refractivity contribution is 0.0660. The summed E-state index contributed by atoms with van der Waals surface area (Å²) in [5, 5.41) is 9.53. The highest BCUT2D eigenvalue weighted by molar-refractivity contribution is 5.47. The predicted octanol–water partition coefficient (Wildman–Crippen LogP) is 1.21. The number of nitrogens with two attached hydrogens (primary N) is 1. The lowest BCUT2D eigenvalue weighted by Gasteiger charge is -2.34. The van der Waals surface area contributed by atoms with E-state index in [0.717, 1.165) is 24.0 Å². The van der Waals surface area contributed by atoms with Crippen molar-refractivity contribution in [1.82, 2.24) is 4.98 Å². The fourth-order valence-corrected chi connectivity index (χ4v) is 1.89. The Morgan fingerprint density at radius 2 is 2.31 bits per heavy atom. The second-order valence-electron chi connectivity index (χ2n) is 3.68. The van der Waals surface area contributed by atoms with Gasteiger partial charge in [-0.3, -0.25) is 0 Å². The SMILES string of the molecule is Cc1ccnc(N)c1C1CCC1O. The van der Waals surface area contributed by atoms with Crippen molar-refractivity contribution in [3.05, 3.63) is 23.4 Å². The summed E-state index contributed by atoms with van der Waals surface area (Å²) in [5.74, 6) is 0.789. The highest BCUT2D eigenvalue weighted by Crippen LogP contribution is 2.40. The second-order valence-corrected chi connectivity index (χ2v) is 3.68. The van der Waals surface area contributed by atoms with Gasteiger partial charge in [-0.2, -0.15) is 0 Å². The molecule has 0 radical (unpaired) electrons.